The number of ether oxygens (including phenoxy) is 2. The number of nitrogens with zero attached hydrogens (tertiary/aromatic N) is 1. The Bertz CT molecular complexity index is 1530. The Kier molecular flexibility index (Phi) is 31.0. The first-order chi connectivity index (χ1) is 29.5. The Balaban J connectivity index is 2.52. The van der Waals surface area contributed by atoms with Gasteiger partial charge in [0.05, 0.1) is 46.1 Å². The minimum atomic E-state index is -4.48. The summed E-state index contributed by atoms with van der Waals surface area (Å²) in [5, 5.41) is 30.6. The Morgan fingerprint density at radius 1 is 0.677 bits per heavy atom. The van der Waals surface area contributed by atoms with Crippen molar-refractivity contribution in [3.8, 4) is 0 Å². The summed E-state index contributed by atoms with van der Waals surface area (Å²) in [4.78, 5) is 35.6. The summed E-state index contributed by atoms with van der Waals surface area (Å²) < 4.78 is 40.3. The molecule has 0 radical (unpaired) electrons. The number of hydrogen-bond donors (Lipinski definition) is 4. The second-order valence-corrected chi connectivity index (χ2v) is 18.7. The van der Waals surface area contributed by atoms with Crippen LogP contribution in [-0.2, 0) is 45.5 Å². The van der Waals surface area contributed by atoms with Crippen LogP contribution in [0.1, 0.15) is 146 Å². The van der Waals surface area contributed by atoms with Crippen LogP contribution >= 0.6 is 7.82 Å². The molecule has 1 rings (SSSR count). The zero-order valence-electron chi connectivity index (χ0n) is 39.1. The van der Waals surface area contributed by atoms with Crippen molar-refractivity contribution in [1.82, 2.24) is 0 Å². The van der Waals surface area contributed by atoms with Crippen molar-refractivity contribution in [2.45, 2.75) is 174 Å². The highest BCUT2D eigenvalue weighted by atomic mass is 31.2. The molecule has 62 heavy (non-hydrogen) atoms. The predicted molar refractivity (Wildman–Crippen MR) is 245 cm³/mol. The molecule has 1 heterocycles. The molecule has 0 aliphatic heterocycles. The molecule has 1 aromatic rings. The van der Waals surface area contributed by atoms with Crippen LogP contribution in [0.15, 0.2) is 53.0 Å². The van der Waals surface area contributed by atoms with Gasteiger partial charge in [-0.2, -0.15) is 0 Å². The lowest BCUT2D eigenvalue weighted by Crippen LogP contribution is -2.37. The first-order valence-corrected chi connectivity index (χ1v) is 24.5. The number of carbonyl (C=O) groups excluding carboxylic acids is 2. The topological polar surface area (TPSA) is 182 Å². The number of aryl methyl sites for hydroxylation is 2. The number of rotatable bonds is 37. The highest BCUT2D eigenvalue weighted by Crippen LogP contribution is 2.43. The van der Waals surface area contributed by atoms with Gasteiger partial charge in [0.25, 0.3) is 0 Å². The number of aliphatic hydroxyl groups is 3. The average molecular weight is 897 g/mol. The number of allylic oxidation sites excluding steroid dienone is 6. The molecule has 14 heteroatoms. The molecule has 1 unspecified atom stereocenters. The van der Waals surface area contributed by atoms with Gasteiger partial charge in [0.15, 0.2) is 6.10 Å². The standard InChI is InChI=1S/C48H82NO12P/c1-8-10-20-27-41(50)28-22-16-12-13-17-23-29-43(51)44(52)30-26-34-47(53)57-37-42(38-59-62(55,56)58-36-35-49(5,6)7)60-48(54)33-25-19-15-14-18-24-32-46-40(4)39(3)45(61-46)31-21-11-9-2/h12-13,16-17,22-23,28-29,41-44,50-52H,8-11,14-15,18-21,24-27,30-38H2,1-7H3/p+1/b16-12-,17-13+,28-22+,29-23+/t41-,42-,43-,44-/m1/s1. The number of quaternary nitrogens is 1. The fraction of sp³-hybridized carbons (Fsp3) is 0.708. The van der Waals surface area contributed by atoms with Crippen LogP contribution < -0.4 is 0 Å². The molecule has 356 valence electrons. The van der Waals surface area contributed by atoms with Gasteiger partial charge in [0.2, 0.25) is 0 Å². The van der Waals surface area contributed by atoms with Crippen molar-refractivity contribution < 1.29 is 61.8 Å². The van der Waals surface area contributed by atoms with E-state index in [0.29, 0.717) is 17.4 Å². The number of phosphoric acid groups is 1. The molecule has 0 aliphatic rings. The number of phosphoric ester groups is 1. The monoisotopic (exact) mass is 897 g/mol. The third kappa shape index (κ3) is 29.5. The maximum Gasteiger partial charge on any atom is 0.472 e. The van der Waals surface area contributed by atoms with Gasteiger partial charge in [-0.1, -0.05) is 120 Å². The van der Waals surface area contributed by atoms with E-state index in [4.69, 9.17) is 22.9 Å². The van der Waals surface area contributed by atoms with Crippen molar-refractivity contribution in [3.05, 3.63) is 71.3 Å². The number of unbranched alkanes of at least 4 members (excludes halogenated alkanes) is 9. The van der Waals surface area contributed by atoms with Crippen LogP contribution in [0.3, 0.4) is 0 Å². The third-order valence-electron chi connectivity index (χ3n) is 10.4. The van der Waals surface area contributed by atoms with Gasteiger partial charge < -0.3 is 38.6 Å². The minimum Gasteiger partial charge on any atom is -0.466 e. The molecule has 4 N–H and O–H groups in total. The molecule has 0 saturated carbocycles. The Labute approximate surface area is 373 Å². The summed E-state index contributed by atoms with van der Waals surface area (Å²) in [6.07, 6.45) is 25.1. The first-order valence-electron chi connectivity index (χ1n) is 23.1. The molecule has 0 aliphatic carbocycles. The molecule has 0 fully saturated rings. The summed E-state index contributed by atoms with van der Waals surface area (Å²) in [5.74, 6) is 1.06. The summed E-state index contributed by atoms with van der Waals surface area (Å²) in [6, 6.07) is 0. The largest absolute Gasteiger partial charge is 0.472 e. The van der Waals surface area contributed by atoms with E-state index < -0.39 is 57.4 Å². The summed E-state index contributed by atoms with van der Waals surface area (Å²) in [5.41, 5.74) is 2.55. The van der Waals surface area contributed by atoms with Crippen LogP contribution in [-0.4, -0.2) is 109 Å². The Morgan fingerprint density at radius 3 is 1.85 bits per heavy atom. The molecular formula is C48H83NO12P+. The van der Waals surface area contributed by atoms with E-state index in [1.165, 1.54) is 30.0 Å². The lowest BCUT2D eigenvalue weighted by atomic mass is 10.0. The Hall–Kier alpha value is -2.87. The lowest BCUT2D eigenvalue weighted by Gasteiger charge is -2.24. The number of carbonyl (C=O) groups is 2. The molecule has 0 aromatic carbocycles. The fourth-order valence-electron chi connectivity index (χ4n) is 6.34. The van der Waals surface area contributed by atoms with Crippen LogP contribution in [0.2, 0.25) is 0 Å². The average Bonchev–Trinajstić information content (AvgIpc) is 3.48. The highest BCUT2D eigenvalue weighted by Gasteiger charge is 2.27. The fourth-order valence-corrected chi connectivity index (χ4v) is 7.08. The van der Waals surface area contributed by atoms with Crippen LogP contribution in [0.5, 0.6) is 0 Å². The van der Waals surface area contributed by atoms with Crippen molar-refractivity contribution >= 4 is 19.8 Å². The third-order valence-corrected chi connectivity index (χ3v) is 11.4. The van der Waals surface area contributed by atoms with E-state index in [0.717, 1.165) is 88.6 Å². The van der Waals surface area contributed by atoms with Gasteiger partial charge in [-0.15, -0.1) is 0 Å². The maximum absolute atomic E-state index is 12.8. The molecule has 13 nitrogen and oxygen atoms in total. The summed E-state index contributed by atoms with van der Waals surface area (Å²) >= 11 is 0. The maximum atomic E-state index is 12.8. The molecule has 0 bridgehead atoms. The molecular weight excluding hydrogens is 813 g/mol. The number of furan rings is 1. The second kappa shape index (κ2) is 33.6. The molecule has 5 atom stereocenters. The highest BCUT2D eigenvalue weighted by molar-refractivity contribution is 7.47. The van der Waals surface area contributed by atoms with E-state index in [1.807, 2.05) is 21.1 Å². The zero-order valence-corrected chi connectivity index (χ0v) is 40.0. The summed E-state index contributed by atoms with van der Waals surface area (Å²) in [7, 11) is 1.25. The number of hydrogen-bond acceptors (Lipinski definition) is 11. The van der Waals surface area contributed by atoms with Crippen molar-refractivity contribution in [2.24, 2.45) is 0 Å². The molecule has 0 saturated heterocycles. The smallest absolute Gasteiger partial charge is 0.466 e. The SMILES string of the molecule is CCCCCc1oc(CCCCCCCCC(=O)O[C@H](COC(=O)CCC[C@@H](O)[C@H](O)/C=C/C=C/C=C\C=C\[C@H](O)CCCCC)COP(=O)(O)OCC[N+](C)(C)C)c(C)c1C. The normalized spacial score (nSPS) is 15.5. The van der Waals surface area contributed by atoms with Crippen LogP contribution in [0, 0.1) is 13.8 Å². The number of esters is 2. The predicted octanol–water partition coefficient (Wildman–Crippen LogP) is 9.26. The lowest BCUT2D eigenvalue weighted by molar-refractivity contribution is -0.870. The zero-order chi connectivity index (χ0) is 46.2. The second-order valence-electron chi connectivity index (χ2n) is 17.2. The van der Waals surface area contributed by atoms with Gasteiger partial charge >= 0.3 is 19.8 Å². The number of aliphatic hydroxyl groups excluding tert-OH is 3. The van der Waals surface area contributed by atoms with Crippen LogP contribution in [0.25, 0.3) is 0 Å². The van der Waals surface area contributed by atoms with E-state index in [1.54, 1.807) is 42.5 Å². The number of likely N-dealkylation sites (N-methyl/N-ethyl adjacent to an activating group) is 1. The van der Waals surface area contributed by atoms with Gasteiger partial charge in [-0.3, -0.25) is 18.6 Å². The summed E-state index contributed by atoms with van der Waals surface area (Å²) in [6.45, 7) is 8.12. The van der Waals surface area contributed by atoms with Crippen LogP contribution in [0.4, 0.5) is 0 Å². The van der Waals surface area contributed by atoms with Gasteiger partial charge in [-0.25, -0.2) is 4.57 Å². The van der Waals surface area contributed by atoms with Gasteiger partial charge in [0.1, 0.15) is 31.3 Å². The van der Waals surface area contributed by atoms with E-state index in [9.17, 15) is 34.4 Å². The first kappa shape index (κ1) is 57.1. The minimum absolute atomic E-state index is 0.0348. The Morgan fingerprint density at radius 2 is 1.23 bits per heavy atom. The molecule has 0 spiro atoms. The van der Waals surface area contributed by atoms with E-state index in [2.05, 4.69) is 27.7 Å². The van der Waals surface area contributed by atoms with Crippen molar-refractivity contribution in [3.63, 3.8) is 0 Å². The van der Waals surface area contributed by atoms with Gasteiger partial charge in [-0.05, 0) is 63.5 Å². The molecule has 0 amide bonds. The molecule has 1 aromatic heterocycles. The van der Waals surface area contributed by atoms with Gasteiger partial charge in [0, 0.05) is 25.7 Å². The van der Waals surface area contributed by atoms with E-state index >= 15 is 0 Å². The quantitative estimate of drug-likeness (QED) is 0.0164. The van der Waals surface area contributed by atoms with Crippen molar-refractivity contribution in [1.29, 1.82) is 0 Å². The van der Waals surface area contributed by atoms with E-state index in [-0.39, 0.29) is 32.3 Å². The van der Waals surface area contributed by atoms with Crippen molar-refractivity contribution in [2.75, 3.05) is 47.5 Å².